The fraction of sp³-hybridized carbons (Fsp3) is 0.500. The molecule has 88 valence electrons. The molecule has 4 heteroatoms. The number of nitrogens with one attached hydrogen (secondary N) is 1. The van der Waals surface area contributed by atoms with Gasteiger partial charge in [-0.25, -0.2) is 13.2 Å². The van der Waals surface area contributed by atoms with Crippen LogP contribution in [0.5, 0.6) is 0 Å². The highest BCUT2D eigenvalue weighted by atomic mass is 19.3. The van der Waals surface area contributed by atoms with Crippen molar-refractivity contribution in [2.24, 2.45) is 0 Å². The van der Waals surface area contributed by atoms with Crippen molar-refractivity contribution < 1.29 is 13.2 Å². The Labute approximate surface area is 92.7 Å². The van der Waals surface area contributed by atoms with Crippen LogP contribution in [0.25, 0.3) is 0 Å². The zero-order chi connectivity index (χ0) is 11.5. The van der Waals surface area contributed by atoms with E-state index >= 15 is 0 Å². The van der Waals surface area contributed by atoms with Gasteiger partial charge in [0.15, 0.2) is 0 Å². The average Bonchev–Trinajstić information content (AvgIpc) is 2.18. The van der Waals surface area contributed by atoms with Crippen LogP contribution in [0.3, 0.4) is 0 Å². The van der Waals surface area contributed by atoms with Gasteiger partial charge in [-0.1, -0.05) is 12.1 Å². The van der Waals surface area contributed by atoms with Gasteiger partial charge in [-0.3, -0.25) is 0 Å². The monoisotopic (exact) mass is 229 g/mol. The Hall–Kier alpha value is -1.03. The molecule has 1 saturated carbocycles. The van der Waals surface area contributed by atoms with Gasteiger partial charge in [-0.2, -0.15) is 0 Å². The number of halogens is 3. The Morgan fingerprint density at radius 2 is 1.81 bits per heavy atom. The van der Waals surface area contributed by atoms with E-state index < -0.39 is 6.43 Å². The zero-order valence-corrected chi connectivity index (χ0v) is 8.80. The summed E-state index contributed by atoms with van der Waals surface area (Å²) in [4.78, 5) is 0. The number of rotatable bonds is 4. The summed E-state index contributed by atoms with van der Waals surface area (Å²) in [5.74, 6) is 0.145. The lowest BCUT2D eigenvalue weighted by Crippen LogP contribution is -2.42. The highest BCUT2D eigenvalue weighted by Crippen LogP contribution is 2.36. The van der Waals surface area contributed by atoms with Crippen LogP contribution in [0.4, 0.5) is 13.2 Å². The molecule has 1 aromatic carbocycles. The molecule has 0 spiro atoms. The molecule has 1 nitrogen and oxygen atoms in total. The molecule has 1 aliphatic rings. The van der Waals surface area contributed by atoms with E-state index in [1.807, 2.05) is 0 Å². The zero-order valence-electron chi connectivity index (χ0n) is 8.80. The van der Waals surface area contributed by atoms with Crippen molar-refractivity contribution in [2.45, 2.75) is 31.2 Å². The molecule has 0 atom stereocenters. The SMILES string of the molecule is Fc1ccc(C2CC(NCC(F)F)C2)cc1. The first-order valence-electron chi connectivity index (χ1n) is 5.42. The van der Waals surface area contributed by atoms with Crippen LogP contribution in [-0.2, 0) is 0 Å². The second-order valence-electron chi connectivity index (χ2n) is 4.22. The van der Waals surface area contributed by atoms with Crippen LogP contribution in [0, 0.1) is 5.82 Å². The lowest BCUT2D eigenvalue weighted by Gasteiger charge is -2.36. The molecule has 2 rings (SSSR count). The minimum absolute atomic E-state index is 0.184. The van der Waals surface area contributed by atoms with Gasteiger partial charge in [0.05, 0.1) is 6.54 Å². The molecule has 0 bridgehead atoms. The first kappa shape index (κ1) is 11.5. The van der Waals surface area contributed by atoms with Gasteiger partial charge in [0.1, 0.15) is 5.82 Å². The largest absolute Gasteiger partial charge is 0.309 e. The molecule has 0 radical (unpaired) electrons. The van der Waals surface area contributed by atoms with E-state index in [-0.39, 0.29) is 18.4 Å². The minimum atomic E-state index is -2.29. The summed E-state index contributed by atoms with van der Waals surface area (Å²) in [6.07, 6.45) is -0.568. The van der Waals surface area contributed by atoms with Crippen molar-refractivity contribution in [1.29, 1.82) is 0 Å². The lowest BCUT2D eigenvalue weighted by molar-refractivity contribution is 0.131. The van der Waals surface area contributed by atoms with Crippen molar-refractivity contribution in [3.63, 3.8) is 0 Å². The normalized spacial score (nSPS) is 24.5. The van der Waals surface area contributed by atoms with Gasteiger partial charge in [0, 0.05) is 6.04 Å². The molecule has 16 heavy (non-hydrogen) atoms. The van der Waals surface area contributed by atoms with Crippen molar-refractivity contribution in [3.8, 4) is 0 Å². The maximum Gasteiger partial charge on any atom is 0.250 e. The highest BCUT2D eigenvalue weighted by molar-refractivity contribution is 5.23. The molecule has 1 fully saturated rings. The van der Waals surface area contributed by atoms with Crippen LogP contribution >= 0.6 is 0 Å². The highest BCUT2D eigenvalue weighted by Gasteiger charge is 2.30. The Bertz CT molecular complexity index is 331. The summed E-state index contributed by atoms with van der Waals surface area (Å²) in [5, 5.41) is 2.81. The molecule has 0 unspecified atom stereocenters. The van der Waals surface area contributed by atoms with Gasteiger partial charge in [-0.15, -0.1) is 0 Å². The van der Waals surface area contributed by atoms with Gasteiger partial charge >= 0.3 is 0 Å². The first-order valence-corrected chi connectivity index (χ1v) is 5.42. The maximum atomic E-state index is 12.7. The summed E-state index contributed by atoms with van der Waals surface area (Å²) in [5.41, 5.74) is 1.09. The third kappa shape index (κ3) is 2.76. The van der Waals surface area contributed by atoms with Crippen molar-refractivity contribution in [2.75, 3.05) is 6.54 Å². The van der Waals surface area contributed by atoms with Gasteiger partial charge in [-0.05, 0) is 36.5 Å². The predicted octanol–water partition coefficient (Wildman–Crippen LogP) is 2.93. The Kier molecular flexibility index (Phi) is 3.49. The molecule has 1 aliphatic carbocycles. The molecule has 0 aliphatic heterocycles. The predicted molar refractivity (Wildman–Crippen MR) is 56.2 cm³/mol. The first-order chi connectivity index (χ1) is 7.65. The minimum Gasteiger partial charge on any atom is -0.309 e. The van der Waals surface area contributed by atoms with Crippen LogP contribution < -0.4 is 5.32 Å². The molecule has 0 amide bonds. The van der Waals surface area contributed by atoms with Crippen LogP contribution in [0.1, 0.15) is 24.3 Å². The van der Waals surface area contributed by atoms with Gasteiger partial charge in [0.2, 0.25) is 0 Å². The van der Waals surface area contributed by atoms with Crippen molar-refractivity contribution in [1.82, 2.24) is 5.32 Å². The number of alkyl halides is 2. The lowest BCUT2D eigenvalue weighted by atomic mass is 9.76. The van der Waals surface area contributed by atoms with E-state index in [4.69, 9.17) is 0 Å². The molecular weight excluding hydrogens is 215 g/mol. The summed E-state index contributed by atoms with van der Waals surface area (Å²) < 4.78 is 36.5. The molecule has 1 aromatic rings. The molecule has 0 aromatic heterocycles. The second-order valence-corrected chi connectivity index (χ2v) is 4.22. The van der Waals surface area contributed by atoms with Gasteiger partial charge in [0.25, 0.3) is 6.43 Å². The van der Waals surface area contributed by atoms with E-state index in [1.165, 1.54) is 12.1 Å². The summed E-state index contributed by atoms with van der Waals surface area (Å²) >= 11 is 0. The summed E-state index contributed by atoms with van der Waals surface area (Å²) in [7, 11) is 0. The van der Waals surface area contributed by atoms with E-state index in [0.29, 0.717) is 5.92 Å². The molecular formula is C12H14F3N. The Morgan fingerprint density at radius 3 is 2.38 bits per heavy atom. The van der Waals surface area contributed by atoms with Crippen molar-refractivity contribution in [3.05, 3.63) is 35.6 Å². The Balaban J connectivity index is 1.77. The molecule has 0 saturated heterocycles. The number of benzene rings is 1. The van der Waals surface area contributed by atoms with Crippen LogP contribution in [0.2, 0.25) is 0 Å². The third-order valence-electron chi connectivity index (χ3n) is 3.04. The standard InChI is InChI=1S/C12H14F3N/c13-10-3-1-8(2-4-10)9-5-11(6-9)16-7-12(14)15/h1-4,9,11-12,16H,5-7H2. The fourth-order valence-corrected chi connectivity index (χ4v) is 2.05. The molecule has 1 N–H and O–H groups in total. The second kappa shape index (κ2) is 4.87. The summed E-state index contributed by atoms with van der Waals surface area (Å²) in [6.45, 7) is -0.235. The van der Waals surface area contributed by atoms with Crippen molar-refractivity contribution >= 4 is 0 Å². The number of hydrogen-bond acceptors (Lipinski definition) is 1. The summed E-state index contributed by atoms with van der Waals surface area (Å²) in [6, 6.07) is 6.60. The molecule has 0 heterocycles. The third-order valence-corrected chi connectivity index (χ3v) is 3.04. The number of hydrogen-bond donors (Lipinski definition) is 1. The van der Waals surface area contributed by atoms with E-state index in [1.54, 1.807) is 12.1 Å². The maximum absolute atomic E-state index is 12.7. The fourth-order valence-electron chi connectivity index (χ4n) is 2.05. The van der Waals surface area contributed by atoms with E-state index in [0.717, 1.165) is 18.4 Å². The topological polar surface area (TPSA) is 12.0 Å². The smallest absolute Gasteiger partial charge is 0.250 e. The van der Waals surface area contributed by atoms with Crippen LogP contribution in [0.15, 0.2) is 24.3 Å². The van der Waals surface area contributed by atoms with Crippen LogP contribution in [-0.4, -0.2) is 19.0 Å². The average molecular weight is 229 g/mol. The quantitative estimate of drug-likeness (QED) is 0.837. The van der Waals surface area contributed by atoms with E-state index in [2.05, 4.69) is 5.32 Å². The van der Waals surface area contributed by atoms with E-state index in [9.17, 15) is 13.2 Å². The Morgan fingerprint density at radius 1 is 1.19 bits per heavy atom. The van der Waals surface area contributed by atoms with Gasteiger partial charge < -0.3 is 5.32 Å².